The fraction of sp³-hybridized carbons (Fsp3) is 0.364. The molecule has 3 nitrogen and oxygen atoms in total. The minimum absolute atomic E-state index is 0.128. The van der Waals surface area contributed by atoms with Crippen molar-refractivity contribution in [1.82, 2.24) is 0 Å². The molecule has 0 saturated heterocycles. The van der Waals surface area contributed by atoms with E-state index in [1.54, 1.807) is 11.8 Å². The second kappa shape index (κ2) is 6.58. The molecule has 0 fully saturated rings. The second-order valence-electron chi connectivity index (χ2n) is 7.96. The van der Waals surface area contributed by atoms with Gasteiger partial charge in [-0.1, -0.05) is 63.2 Å². The van der Waals surface area contributed by atoms with Gasteiger partial charge < -0.3 is 4.90 Å². The van der Waals surface area contributed by atoms with Gasteiger partial charge in [-0.3, -0.25) is 9.79 Å². The van der Waals surface area contributed by atoms with E-state index in [2.05, 4.69) is 51.1 Å². The van der Waals surface area contributed by atoms with Crippen molar-refractivity contribution in [1.29, 1.82) is 0 Å². The third kappa shape index (κ3) is 3.18. The maximum absolute atomic E-state index is 13.1. The zero-order valence-electron chi connectivity index (χ0n) is 15.5. The van der Waals surface area contributed by atoms with Gasteiger partial charge in [0.15, 0.2) is 0 Å². The van der Waals surface area contributed by atoms with Crippen LogP contribution in [-0.2, 0) is 16.6 Å². The fourth-order valence-electron chi connectivity index (χ4n) is 3.52. The molecule has 2 aromatic carbocycles. The van der Waals surface area contributed by atoms with Gasteiger partial charge in [-0.25, -0.2) is 0 Å². The third-order valence-electron chi connectivity index (χ3n) is 5.06. The van der Waals surface area contributed by atoms with Crippen LogP contribution in [0.15, 0.2) is 53.5 Å². The first-order valence-electron chi connectivity index (χ1n) is 9.14. The minimum atomic E-state index is -0.275. The molecule has 0 aromatic heterocycles. The molecule has 1 atom stereocenters. The lowest BCUT2D eigenvalue weighted by Crippen LogP contribution is -2.37. The van der Waals surface area contributed by atoms with Crippen LogP contribution in [0.1, 0.15) is 37.5 Å². The van der Waals surface area contributed by atoms with E-state index < -0.39 is 0 Å². The topological polar surface area (TPSA) is 32.7 Å². The summed E-state index contributed by atoms with van der Waals surface area (Å²) in [5.74, 6) is 0.861. The highest BCUT2D eigenvalue weighted by atomic mass is 32.2. The van der Waals surface area contributed by atoms with Gasteiger partial charge in [0.2, 0.25) is 0 Å². The second-order valence-corrected chi connectivity index (χ2v) is 8.97. The summed E-state index contributed by atoms with van der Waals surface area (Å²) in [6.07, 6.45) is 0.931. The Labute approximate surface area is 159 Å². The number of thioether (sulfide) groups is 1. The van der Waals surface area contributed by atoms with Gasteiger partial charge in [-0.2, -0.15) is 0 Å². The molecule has 2 aliphatic heterocycles. The molecule has 0 spiro atoms. The minimum Gasteiger partial charge on any atom is -0.310 e. The Balaban J connectivity index is 1.55. The molecule has 2 aliphatic rings. The Kier molecular flexibility index (Phi) is 4.39. The van der Waals surface area contributed by atoms with E-state index in [0.29, 0.717) is 0 Å². The van der Waals surface area contributed by atoms with Crippen molar-refractivity contribution in [2.24, 2.45) is 4.99 Å². The number of anilines is 1. The van der Waals surface area contributed by atoms with Crippen LogP contribution in [0, 0.1) is 0 Å². The normalized spacial score (nSPS) is 19.4. The lowest BCUT2D eigenvalue weighted by molar-refractivity contribution is -0.119. The molecule has 0 aliphatic carbocycles. The number of carbonyl (C=O) groups excluding carboxylic acids is 1. The molecular weight excluding hydrogens is 340 g/mol. The molecule has 2 heterocycles. The average molecular weight is 365 g/mol. The van der Waals surface area contributed by atoms with Crippen LogP contribution in [0.2, 0.25) is 0 Å². The van der Waals surface area contributed by atoms with E-state index >= 15 is 0 Å². The molecule has 4 rings (SSSR count). The molecule has 0 saturated carbocycles. The Morgan fingerprint density at radius 2 is 1.92 bits per heavy atom. The Morgan fingerprint density at radius 1 is 1.15 bits per heavy atom. The van der Waals surface area contributed by atoms with Crippen molar-refractivity contribution in [3.8, 4) is 0 Å². The maximum atomic E-state index is 13.1. The van der Waals surface area contributed by atoms with Crippen LogP contribution >= 0.6 is 11.8 Å². The number of fused-ring (bicyclic) bond motifs is 1. The number of nitrogens with zero attached hydrogens (tertiary/aromatic N) is 2. The van der Waals surface area contributed by atoms with Crippen LogP contribution < -0.4 is 4.90 Å². The van der Waals surface area contributed by atoms with E-state index in [-0.39, 0.29) is 17.4 Å². The molecule has 0 bridgehead atoms. The number of hydrogen-bond donors (Lipinski definition) is 0. The van der Waals surface area contributed by atoms with Gasteiger partial charge in [0.1, 0.15) is 6.04 Å². The summed E-state index contributed by atoms with van der Waals surface area (Å²) in [6.45, 7) is 7.44. The molecular formula is C22H24N2OS. The SMILES string of the molecule is CC(C)(C)c1ccc2c(c1)CCN2C(=O)[C@@H]1CSC(c2ccccc2)=N1. The molecule has 2 aromatic rings. The maximum Gasteiger partial charge on any atom is 0.252 e. The van der Waals surface area contributed by atoms with Gasteiger partial charge in [-0.15, -0.1) is 11.8 Å². The highest BCUT2D eigenvalue weighted by molar-refractivity contribution is 8.14. The molecule has 1 amide bonds. The van der Waals surface area contributed by atoms with E-state index in [4.69, 9.17) is 4.99 Å². The van der Waals surface area contributed by atoms with Crippen LogP contribution in [0.4, 0.5) is 5.69 Å². The van der Waals surface area contributed by atoms with Crippen molar-refractivity contribution < 1.29 is 4.79 Å². The largest absolute Gasteiger partial charge is 0.310 e. The summed E-state index contributed by atoms with van der Waals surface area (Å²) in [7, 11) is 0. The van der Waals surface area contributed by atoms with Crippen LogP contribution in [0.25, 0.3) is 0 Å². The quantitative estimate of drug-likeness (QED) is 0.789. The zero-order valence-corrected chi connectivity index (χ0v) is 16.3. The van der Waals surface area contributed by atoms with E-state index in [9.17, 15) is 4.79 Å². The first kappa shape index (κ1) is 17.3. The Hall–Kier alpha value is -2.07. The van der Waals surface area contributed by atoms with E-state index in [1.807, 2.05) is 23.1 Å². The van der Waals surface area contributed by atoms with Gasteiger partial charge in [0.25, 0.3) is 5.91 Å². The van der Waals surface area contributed by atoms with E-state index in [1.165, 1.54) is 11.1 Å². The number of amides is 1. The molecule has 134 valence electrons. The average Bonchev–Trinajstić information content (AvgIpc) is 3.28. The number of aliphatic imine (C=N–C) groups is 1. The first-order valence-corrected chi connectivity index (χ1v) is 10.1. The van der Waals surface area contributed by atoms with Gasteiger partial charge in [-0.05, 0) is 29.0 Å². The smallest absolute Gasteiger partial charge is 0.252 e. The van der Waals surface area contributed by atoms with Crippen molar-refractivity contribution in [2.45, 2.75) is 38.6 Å². The van der Waals surface area contributed by atoms with Gasteiger partial charge in [0, 0.05) is 23.5 Å². The summed E-state index contributed by atoms with van der Waals surface area (Å²) in [4.78, 5) is 19.7. The van der Waals surface area contributed by atoms with Gasteiger partial charge >= 0.3 is 0 Å². The van der Waals surface area contributed by atoms with E-state index in [0.717, 1.165) is 35.0 Å². The summed E-state index contributed by atoms with van der Waals surface area (Å²) < 4.78 is 0. The van der Waals surface area contributed by atoms with Crippen LogP contribution in [0.3, 0.4) is 0 Å². The van der Waals surface area contributed by atoms with Crippen molar-refractivity contribution >= 4 is 28.4 Å². The number of carbonyl (C=O) groups is 1. The predicted octanol–water partition coefficient (Wildman–Crippen LogP) is 4.44. The summed E-state index contributed by atoms with van der Waals surface area (Å²) >= 11 is 1.68. The Morgan fingerprint density at radius 3 is 2.65 bits per heavy atom. The van der Waals surface area contributed by atoms with Gasteiger partial charge in [0.05, 0.1) is 5.04 Å². The number of rotatable bonds is 2. The molecule has 4 heteroatoms. The monoisotopic (exact) mass is 364 g/mol. The molecule has 0 unspecified atom stereocenters. The zero-order chi connectivity index (χ0) is 18.3. The Bertz CT molecular complexity index is 867. The highest BCUT2D eigenvalue weighted by Crippen LogP contribution is 2.34. The summed E-state index contributed by atoms with van der Waals surface area (Å²) in [5.41, 5.74) is 4.90. The molecule has 0 radical (unpaired) electrons. The third-order valence-corrected chi connectivity index (χ3v) is 6.16. The molecule has 0 N–H and O–H groups in total. The lowest BCUT2D eigenvalue weighted by atomic mass is 9.86. The summed E-state index contributed by atoms with van der Waals surface area (Å²) in [5, 5.41) is 0.978. The fourth-order valence-corrected chi connectivity index (χ4v) is 4.55. The molecule has 26 heavy (non-hydrogen) atoms. The van der Waals surface area contributed by atoms with Crippen molar-refractivity contribution in [3.05, 3.63) is 65.2 Å². The van der Waals surface area contributed by atoms with Crippen LogP contribution in [-0.4, -0.2) is 29.3 Å². The predicted molar refractivity (Wildman–Crippen MR) is 110 cm³/mol. The first-order chi connectivity index (χ1) is 12.4. The number of benzene rings is 2. The lowest BCUT2D eigenvalue weighted by Gasteiger charge is -2.22. The highest BCUT2D eigenvalue weighted by Gasteiger charge is 2.33. The van der Waals surface area contributed by atoms with Crippen LogP contribution in [0.5, 0.6) is 0 Å². The van der Waals surface area contributed by atoms with Crippen molar-refractivity contribution in [2.75, 3.05) is 17.2 Å². The number of hydrogen-bond acceptors (Lipinski definition) is 3. The summed E-state index contributed by atoms with van der Waals surface area (Å²) in [6, 6.07) is 16.4. The standard InChI is InChI=1S/C22H24N2OS/c1-22(2,3)17-9-10-19-16(13-17)11-12-24(19)21(25)18-14-26-20(23-18)15-7-5-4-6-8-15/h4-10,13,18H,11-12,14H2,1-3H3/t18-/m0/s1. The van der Waals surface area contributed by atoms with Crippen molar-refractivity contribution in [3.63, 3.8) is 0 Å².